The number of hydrogen-bond donors (Lipinski definition) is 1. The number of benzene rings is 1. The zero-order valence-corrected chi connectivity index (χ0v) is 10.7. The fourth-order valence-corrected chi connectivity index (χ4v) is 1.70. The fourth-order valence-electron chi connectivity index (χ4n) is 1.70. The number of nitrogens with zero attached hydrogens (tertiary/aromatic N) is 2. The SMILES string of the molecule is Cc1cnc(-c2ccc(F)cc2NC(C)C)cn1. The van der Waals surface area contributed by atoms with Crippen molar-refractivity contribution in [3.8, 4) is 11.3 Å². The Morgan fingerprint density at radius 3 is 2.56 bits per heavy atom. The van der Waals surface area contributed by atoms with Gasteiger partial charge in [0.05, 0.1) is 17.6 Å². The minimum absolute atomic E-state index is 0.226. The van der Waals surface area contributed by atoms with Gasteiger partial charge in [0.15, 0.2) is 0 Å². The van der Waals surface area contributed by atoms with Gasteiger partial charge in [0.25, 0.3) is 0 Å². The summed E-state index contributed by atoms with van der Waals surface area (Å²) in [6, 6.07) is 4.86. The van der Waals surface area contributed by atoms with Gasteiger partial charge >= 0.3 is 0 Å². The molecule has 0 aliphatic heterocycles. The van der Waals surface area contributed by atoms with Crippen LogP contribution in [-0.2, 0) is 0 Å². The molecule has 0 amide bonds. The van der Waals surface area contributed by atoms with Crippen molar-refractivity contribution in [2.75, 3.05) is 5.32 Å². The maximum Gasteiger partial charge on any atom is 0.125 e. The summed E-state index contributed by atoms with van der Waals surface area (Å²) in [6.45, 7) is 5.90. The highest BCUT2D eigenvalue weighted by molar-refractivity contribution is 5.75. The van der Waals surface area contributed by atoms with E-state index in [0.29, 0.717) is 0 Å². The molecule has 0 saturated carbocycles. The smallest absolute Gasteiger partial charge is 0.125 e. The van der Waals surface area contributed by atoms with Gasteiger partial charge in [-0.05, 0) is 39.0 Å². The van der Waals surface area contributed by atoms with E-state index in [9.17, 15) is 4.39 Å². The zero-order valence-electron chi connectivity index (χ0n) is 10.7. The molecule has 1 aromatic heterocycles. The lowest BCUT2D eigenvalue weighted by atomic mass is 10.1. The van der Waals surface area contributed by atoms with Crippen LogP contribution in [0, 0.1) is 12.7 Å². The third kappa shape index (κ3) is 2.83. The Hall–Kier alpha value is -1.97. The monoisotopic (exact) mass is 245 g/mol. The standard InChI is InChI=1S/C14H16FN3/c1-9(2)18-13-6-11(15)4-5-12(13)14-8-16-10(3)7-17-14/h4-9,18H,1-3H3. The van der Waals surface area contributed by atoms with E-state index in [-0.39, 0.29) is 11.9 Å². The largest absolute Gasteiger partial charge is 0.382 e. The molecule has 0 bridgehead atoms. The van der Waals surface area contributed by atoms with Gasteiger partial charge < -0.3 is 5.32 Å². The molecule has 0 aliphatic rings. The van der Waals surface area contributed by atoms with Gasteiger partial charge in [-0.1, -0.05) is 0 Å². The summed E-state index contributed by atoms with van der Waals surface area (Å²) in [4.78, 5) is 8.54. The lowest BCUT2D eigenvalue weighted by Crippen LogP contribution is -2.11. The van der Waals surface area contributed by atoms with E-state index in [1.165, 1.54) is 12.1 Å². The van der Waals surface area contributed by atoms with Gasteiger partial charge in [-0.15, -0.1) is 0 Å². The molecule has 0 unspecified atom stereocenters. The van der Waals surface area contributed by atoms with Crippen LogP contribution in [-0.4, -0.2) is 16.0 Å². The van der Waals surface area contributed by atoms with Crippen LogP contribution in [0.5, 0.6) is 0 Å². The summed E-state index contributed by atoms with van der Waals surface area (Å²) in [5.74, 6) is -0.262. The van der Waals surface area contributed by atoms with Crippen molar-refractivity contribution < 1.29 is 4.39 Å². The molecule has 0 saturated heterocycles. The molecule has 3 nitrogen and oxygen atoms in total. The minimum Gasteiger partial charge on any atom is -0.382 e. The molecule has 1 N–H and O–H groups in total. The average molecular weight is 245 g/mol. The van der Waals surface area contributed by atoms with Gasteiger partial charge in [0.2, 0.25) is 0 Å². The first-order valence-corrected chi connectivity index (χ1v) is 5.91. The number of rotatable bonds is 3. The zero-order chi connectivity index (χ0) is 13.1. The molecule has 0 aliphatic carbocycles. The lowest BCUT2D eigenvalue weighted by Gasteiger charge is -2.14. The van der Waals surface area contributed by atoms with Crippen molar-refractivity contribution >= 4 is 5.69 Å². The predicted molar refractivity (Wildman–Crippen MR) is 70.9 cm³/mol. The molecular weight excluding hydrogens is 229 g/mol. The second-order valence-electron chi connectivity index (χ2n) is 4.53. The Labute approximate surface area is 106 Å². The molecule has 1 heterocycles. The molecule has 0 spiro atoms. The highest BCUT2D eigenvalue weighted by Crippen LogP contribution is 2.27. The topological polar surface area (TPSA) is 37.8 Å². The molecule has 1 aromatic carbocycles. The van der Waals surface area contributed by atoms with E-state index in [4.69, 9.17) is 0 Å². The Morgan fingerprint density at radius 2 is 1.94 bits per heavy atom. The number of aryl methyl sites for hydroxylation is 1. The molecule has 94 valence electrons. The van der Waals surface area contributed by atoms with Crippen molar-refractivity contribution in [2.24, 2.45) is 0 Å². The first kappa shape index (κ1) is 12.5. The highest BCUT2D eigenvalue weighted by atomic mass is 19.1. The van der Waals surface area contributed by atoms with Crippen molar-refractivity contribution in [3.05, 3.63) is 42.1 Å². The van der Waals surface area contributed by atoms with E-state index < -0.39 is 0 Å². The number of hydrogen-bond acceptors (Lipinski definition) is 3. The molecule has 18 heavy (non-hydrogen) atoms. The molecule has 0 radical (unpaired) electrons. The van der Waals surface area contributed by atoms with Gasteiger partial charge in [0.1, 0.15) is 5.82 Å². The van der Waals surface area contributed by atoms with Crippen LogP contribution in [0.25, 0.3) is 11.3 Å². The van der Waals surface area contributed by atoms with Crippen LogP contribution >= 0.6 is 0 Å². The third-order valence-corrected chi connectivity index (χ3v) is 2.48. The van der Waals surface area contributed by atoms with Gasteiger partial charge in [0, 0.05) is 23.5 Å². The van der Waals surface area contributed by atoms with Crippen LogP contribution in [0.15, 0.2) is 30.6 Å². The van der Waals surface area contributed by atoms with Crippen LogP contribution in [0.3, 0.4) is 0 Å². The maximum atomic E-state index is 13.3. The minimum atomic E-state index is -0.262. The summed E-state index contributed by atoms with van der Waals surface area (Å²) >= 11 is 0. The summed E-state index contributed by atoms with van der Waals surface area (Å²) in [6.07, 6.45) is 3.41. The number of anilines is 1. The molecule has 2 rings (SSSR count). The Morgan fingerprint density at radius 1 is 1.17 bits per heavy atom. The molecule has 4 heteroatoms. The summed E-state index contributed by atoms with van der Waals surface area (Å²) in [5, 5.41) is 3.22. The van der Waals surface area contributed by atoms with Crippen LogP contribution in [0.1, 0.15) is 19.5 Å². The Balaban J connectivity index is 2.45. The summed E-state index contributed by atoms with van der Waals surface area (Å²) in [5.41, 5.74) is 3.20. The Kier molecular flexibility index (Phi) is 3.55. The van der Waals surface area contributed by atoms with Crippen LogP contribution in [0.4, 0.5) is 10.1 Å². The fraction of sp³-hybridized carbons (Fsp3) is 0.286. The van der Waals surface area contributed by atoms with Gasteiger partial charge in [-0.25, -0.2) is 4.39 Å². The normalized spacial score (nSPS) is 10.7. The predicted octanol–water partition coefficient (Wildman–Crippen LogP) is 3.41. The first-order chi connectivity index (χ1) is 8.56. The quantitative estimate of drug-likeness (QED) is 0.900. The van der Waals surface area contributed by atoms with Crippen molar-refractivity contribution in [1.29, 1.82) is 0 Å². The molecule has 0 atom stereocenters. The van der Waals surface area contributed by atoms with Crippen molar-refractivity contribution in [1.82, 2.24) is 9.97 Å². The average Bonchev–Trinajstić information content (AvgIpc) is 2.30. The second kappa shape index (κ2) is 5.12. The van der Waals surface area contributed by atoms with Crippen molar-refractivity contribution in [3.63, 3.8) is 0 Å². The second-order valence-corrected chi connectivity index (χ2v) is 4.53. The number of nitrogens with one attached hydrogen (secondary N) is 1. The third-order valence-electron chi connectivity index (χ3n) is 2.48. The number of aromatic nitrogens is 2. The van der Waals surface area contributed by atoms with Crippen LogP contribution < -0.4 is 5.32 Å². The summed E-state index contributed by atoms with van der Waals surface area (Å²) in [7, 11) is 0. The highest BCUT2D eigenvalue weighted by Gasteiger charge is 2.09. The molecule has 0 fully saturated rings. The van der Waals surface area contributed by atoms with E-state index in [2.05, 4.69) is 15.3 Å². The van der Waals surface area contributed by atoms with E-state index in [0.717, 1.165) is 22.6 Å². The van der Waals surface area contributed by atoms with Gasteiger partial charge in [-0.2, -0.15) is 0 Å². The van der Waals surface area contributed by atoms with E-state index in [1.54, 1.807) is 18.5 Å². The molecule has 2 aromatic rings. The van der Waals surface area contributed by atoms with E-state index in [1.807, 2.05) is 20.8 Å². The van der Waals surface area contributed by atoms with Gasteiger partial charge in [-0.3, -0.25) is 9.97 Å². The summed E-state index contributed by atoms with van der Waals surface area (Å²) < 4.78 is 13.3. The number of halogens is 1. The maximum absolute atomic E-state index is 13.3. The van der Waals surface area contributed by atoms with Crippen molar-refractivity contribution in [2.45, 2.75) is 26.8 Å². The lowest BCUT2D eigenvalue weighted by molar-refractivity contribution is 0.628. The first-order valence-electron chi connectivity index (χ1n) is 5.91. The van der Waals surface area contributed by atoms with Crippen LogP contribution in [0.2, 0.25) is 0 Å². The molecular formula is C14H16FN3. The van der Waals surface area contributed by atoms with E-state index >= 15 is 0 Å². The Bertz CT molecular complexity index is 535.